The summed E-state index contributed by atoms with van der Waals surface area (Å²) in [5.41, 5.74) is 3.12. The maximum atomic E-state index is 5.56. The maximum absolute atomic E-state index is 5.56. The van der Waals surface area contributed by atoms with Crippen molar-refractivity contribution in [2.75, 3.05) is 13.6 Å². The van der Waals surface area contributed by atoms with Crippen LogP contribution in [0.5, 0.6) is 0 Å². The van der Waals surface area contributed by atoms with E-state index >= 15 is 0 Å². The van der Waals surface area contributed by atoms with Crippen LogP contribution in [0.1, 0.15) is 23.8 Å². The lowest BCUT2D eigenvalue weighted by atomic mass is 10.3. The molecule has 0 saturated carbocycles. The van der Waals surface area contributed by atoms with Crippen molar-refractivity contribution in [3.8, 4) is 0 Å². The summed E-state index contributed by atoms with van der Waals surface area (Å²) in [6.45, 7) is 6.09. The lowest BCUT2D eigenvalue weighted by molar-refractivity contribution is 0.463. The second-order valence-corrected chi connectivity index (χ2v) is 5.88. The average molecular weight is 340 g/mol. The van der Waals surface area contributed by atoms with Gasteiger partial charge in [0.1, 0.15) is 5.76 Å². The van der Waals surface area contributed by atoms with Crippen molar-refractivity contribution in [1.29, 1.82) is 0 Å². The maximum Gasteiger partial charge on any atom is 0.214 e. The van der Waals surface area contributed by atoms with Crippen LogP contribution in [0.2, 0.25) is 0 Å². The largest absolute Gasteiger partial charge is 0.444 e. The van der Waals surface area contributed by atoms with Gasteiger partial charge in [0.25, 0.3) is 0 Å². The first kappa shape index (κ1) is 17.0. The quantitative estimate of drug-likeness (QED) is 0.409. The minimum atomic E-state index is 0.514. The van der Waals surface area contributed by atoms with E-state index in [1.165, 1.54) is 5.52 Å². The molecule has 0 aliphatic heterocycles. The fourth-order valence-electron chi connectivity index (χ4n) is 2.64. The molecule has 1 aromatic carbocycles. The SMILES string of the molecule is CN=C(NCCCn1cnc2ccccc21)NCc1nc(C)c(C)o1. The number of aromatic nitrogens is 3. The molecular weight excluding hydrogens is 316 g/mol. The lowest BCUT2D eigenvalue weighted by Crippen LogP contribution is -2.37. The highest BCUT2D eigenvalue weighted by Crippen LogP contribution is 2.11. The average Bonchev–Trinajstić information content (AvgIpc) is 3.18. The van der Waals surface area contributed by atoms with Gasteiger partial charge in [-0.05, 0) is 32.4 Å². The third-order valence-electron chi connectivity index (χ3n) is 4.10. The molecule has 0 bridgehead atoms. The van der Waals surface area contributed by atoms with Crippen molar-refractivity contribution in [3.63, 3.8) is 0 Å². The molecule has 25 heavy (non-hydrogen) atoms. The molecule has 2 N–H and O–H groups in total. The van der Waals surface area contributed by atoms with Gasteiger partial charge in [-0.3, -0.25) is 4.99 Å². The van der Waals surface area contributed by atoms with Gasteiger partial charge >= 0.3 is 0 Å². The number of nitrogens with one attached hydrogen (secondary N) is 2. The summed E-state index contributed by atoms with van der Waals surface area (Å²) in [4.78, 5) is 13.0. The Hall–Kier alpha value is -2.83. The molecule has 0 spiro atoms. The Bertz CT molecular complexity index is 844. The number of imidazole rings is 1. The highest BCUT2D eigenvalue weighted by Gasteiger charge is 2.06. The monoisotopic (exact) mass is 340 g/mol. The van der Waals surface area contributed by atoms with Crippen LogP contribution >= 0.6 is 0 Å². The number of aryl methyl sites for hydroxylation is 3. The Kier molecular flexibility index (Phi) is 5.33. The van der Waals surface area contributed by atoms with Crippen molar-refractivity contribution >= 4 is 17.0 Å². The second-order valence-electron chi connectivity index (χ2n) is 5.88. The summed E-state index contributed by atoms with van der Waals surface area (Å²) < 4.78 is 7.73. The molecule has 0 saturated heterocycles. The molecule has 0 radical (unpaired) electrons. The van der Waals surface area contributed by atoms with E-state index in [9.17, 15) is 0 Å². The Morgan fingerprint density at radius 2 is 2.08 bits per heavy atom. The number of benzene rings is 1. The zero-order chi connectivity index (χ0) is 17.6. The van der Waals surface area contributed by atoms with Crippen molar-refractivity contribution < 1.29 is 4.42 Å². The zero-order valence-electron chi connectivity index (χ0n) is 14.9. The molecule has 7 heteroatoms. The smallest absolute Gasteiger partial charge is 0.214 e. The number of rotatable bonds is 6. The summed E-state index contributed by atoms with van der Waals surface area (Å²) in [7, 11) is 1.75. The van der Waals surface area contributed by atoms with Gasteiger partial charge in [0.05, 0.1) is 29.6 Å². The fraction of sp³-hybridized carbons (Fsp3) is 0.389. The van der Waals surface area contributed by atoms with E-state index in [-0.39, 0.29) is 0 Å². The highest BCUT2D eigenvalue weighted by molar-refractivity contribution is 5.79. The van der Waals surface area contributed by atoms with Gasteiger partial charge in [-0.2, -0.15) is 0 Å². The molecule has 3 rings (SSSR count). The third-order valence-corrected chi connectivity index (χ3v) is 4.10. The van der Waals surface area contributed by atoms with Crippen LogP contribution < -0.4 is 10.6 Å². The first-order valence-electron chi connectivity index (χ1n) is 8.44. The number of hydrogen-bond donors (Lipinski definition) is 2. The Labute approximate surface area is 147 Å². The molecule has 3 aromatic rings. The number of guanidine groups is 1. The van der Waals surface area contributed by atoms with Gasteiger partial charge in [0.2, 0.25) is 5.89 Å². The predicted octanol–water partition coefficient (Wildman–Crippen LogP) is 2.40. The lowest BCUT2D eigenvalue weighted by Gasteiger charge is -2.11. The van der Waals surface area contributed by atoms with Crippen molar-refractivity contribution in [2.24, 2.45) is 4.99 Å². The number of fused-ring (bicyclic) bond motifs is 1. The van der Waals surface area contributed by atoms with Crippen molar-refractivity contribution in [3.05, 3.63) is 47.9 Å². The van der Waals surface area contributed by atoms with E-state index in [0.29, 0.717) is 12.4 Å². The molecule has 0 atom stereocenters. The van der Waals surface area contributed by atoms with Crippen LogP contribution in [0.25, 0.3) is 11.0 Å². The molecule has 7 nitrogen and oxygen atoms in total. The summed E-state index contributed by atoms with van der Waals surface area (Å²) in [5, 5.41) is 6.52. The molecule has 0 aliphatic rings. The fourth-order valence-corrected chi connectivity index (χ4v) is 2.64. The predicted molar refractivity (Wildman–Crippen MR) is 98.5 cm³/mol. The number of aliphatic imine (C=N–C) groups is 1. The van der Waals surface area contributed by atoms with Crippen LogP contribution in [0, 0.1) is 13.8 Å². The topological polar surface area (TPSA) is 80.3 Å². The van der Waals surface area contributed by atoms with Crippen LogP contribution in [-0.4, -0.2) is 34.1 Å². The molecule has 2 heterocycles. The van der Waals surface area contributed by atoms with Crippen LogP contribution in [-0.2, 0) is 13.1 Å². The Balaban J connectivity index is 1.44. The second kappa shape index (κ2) is 7.83. The van der Waals surface area contributed by atoms with Gasteiger partial charge in [0, 0.05) is 20.1 Å². The normalized spacial score (nSPS) is 11.9. The minimum Gasteiger partial charge on any atom is -0.444 e. The van der Waals surface area contributed by atoms with Crippen LogP contribution in [0.3, 0.4) is 0 Å². The minimum absolute atomic E-state index is 0.514. The summed E-state index contributed by atoms with van der Waals surface area (Å²) in [6, 6.07) is 8.17. The number of hydrogen-bond acceptors (Lipinski definition) is 4. The first-order valence-corrected chi connectivity index (χ1v) is 8.44. The highest BCUT2D eigenvalue weighted by atomic mass is 16.4. The van der Waals surface area contributed by atoms with Gasteiger partial charge in [-0.25, -0.2) is 9.97 Å². The molecule has 0 aliphatic carbocycles. The molecule has 132 valence electrons. The Morgan fingerprint density at radius 3 is 2.84 bits per heavy atom. The standard InChI is InChI=1S/C18H24N6O/c1-13-14(2)25-17(23-13)11-21-18(19-3)20-9-6-10-24-12-22-15-7-4-5-8-16(15)24/h4-5,7-8,12H,6,9-11H2,1-3H3,(H2,19,20,21). The van der Waals surface area contributed by atoms with E-state index in [1.54, 1.807) is 7.05 Å². The molecule has 0 unspecified atom stereocenters. The van der Waals surface area contributed by atoms with E-state index < -0.39 is 0 Å². The van der Waals surface area contributed by atoms with Crippen LogP contribution in [0.4, 0.5) is 0 Å². The van der Waals surface area contributed by atoms with E-state index in [1.807, 2.05) is 38.4 Å². The number of oxazole rings is 1. The van der Waals surface area contributed by atoms with Gasteiger partial charge in [0.15, 0.2) is 5.96 Å². The number of nitrogens with zero attached hydrogens (tertiary/aromatic N) is 4. The molecule has 0 fully saturated rings. The zero-order valence-corrected chi connectivity index (χ0v) is 14.9. The number of para-hydroxylation sites is 2. The van der Waals surface area contributed by atoms with Crippen molar-refractivity contribution in [2.45, 2.75) is 33.4 Å². The summed E-state index contributed by atoms with van der Waals surface area (Å²) in [5.74, 6) is 2.26. The van der Waals surface area contributed by atoms with Gasteiger partial charge in [-0.15, -0.1) is 0 Å². The van der Waals surface area contributed by atoms with E-state index in [0.717, 1.165) is 42.4 Å². The van der Waals surface area contributed by atoms with Crippen molar-refractivity contribution in [1.82, 2.24) is 25.2 Å². The van der Waals surface area contributed by atoms with E-state index in [4.69, 9.17) is 4.42 Å². The molecular formula is C18H24N6O. The summed E-state index contributed by atoms with van der Waals surface area (Å²) >= 11 is 0. The first-order chi connectivity index (χ1) is 12.2. The van der Waals surface area contributed by atoms with E-state index in [2.05, 4.69) is 36.2 Å². The van der Waals surface area contributed by atoms with Crippen LogP contribution in [0.15, 0.2) is 40.0 Å². The third kappa shape index (κ3) is 4.17. The summed E-state index contributed by atoms with van der Waals surface area (Å²) in [6.07, 6.45) is 2.86. The Morgan fingerprint density at radius 1 is 1.24 bits per heavy atom. The molecule has 2 aromatic heterocycles. The molecule has 0 amide bonds. The van der Waals surface area contributed by atoms with Gasteiger partial charge < -0.3 is 19.6 Å². The van der Waals surface area contributed by atoms with Gasteiger partial charge in [-0.1, -0.05) is 12.1 Å².